The fraction of sp³-hybridized carbons (Fsp3) is 0.526. The van der Waals surface area contributed by atoms with Crippen molar-refractivity contribution in [1.82, 2.24) is 9.88 Å². The molecule has 3 N–H and O–H groups in total. The van der Waals surface area contributed by atoms with Crippen LogP contribution in [0.15, 0.2) is 36.5 Å². The maximum Gasteiger partial charge on any atom is 0.182 e. The Morgan fingerprint density at radius 3 is 2.92 bits per heavy atom. The predicted octanol–water partition coefficient (Wildman–Crippen LogP) is 1.83. The van der Waals surface area contributed by atoms with Crippen LogP contribution in [0.3, 0.4) is 0 Å². The lowest BCUT2D eigenvalue weighted by Gasteiger charge is -2.40. The van der Waals surface area contributed by atoms with Gasteiger partial charge in [0.2, 0.25) is 0 Å². The number of hydrogen-bond acceptors (Lipinski definition) is 6. The van der Waals surface area contributed by atoms with E-state index in [1.807, 2.05) is 44.4 Å². The van der Waals surface area contributed by atoms with Gasteiger partial charge in [-0.3, -0.25) is 4.98 Å². The molecule has 1 fully saturated rings. The topological polar surface area (TPSA) is 77.9 Å². The normalized spacial score (nSPS) is 26.9. The zero-order chi connectivity index (χ0) is 17.8. The summed E-state index contributed by atoms with van der Waals surface area (Å²) in [6.45, 7) is 3.58. The number of fused-ring (bicyclic) bond motifs is 1. The summed E-state index contributed by atoms with van der Waals surface area (Å²) in [4.78, 5) is 6.48. The quantitative estimate of drug-likeness (QED) is 0.693. The van der Waals surface area contributed by atoms with E-state index in [9.17, 15) is 10.2 Å². The van der Waals surface area contributed by atoms with E-state index in [1.165, 1.54) is 0 Å². The Hall–Kier alpha value is -1.73. The van der Waals surface area contributed by atoms with Crippen molar-refractivity contribution in [3.63, 3.8) is 0 Å². The molecule has 1 aliphatic rings. The second-order valence-corrected chi connectivity index (χ2v) is 6.77. The van der Waals surface area contributed by atoms with Crippen LogP contribution in [0.2, 0.25) is 0 Å². The minimum atomic E-state index is -1.10. The predicted molar refractivity (Wildman–Crippen MR) is 98.4 cm³/mol. The molecule has 0 unspecified atom stereocenters. The van der Waals surface area contributed by atoms with Crippen LogP contribution in [0.25, 0.3) is 10.9 Å². The third kappa shape index (κ3) is 4.27. The van der Waals surface area contributed by atoms with Crippen LogP contribution in [0, 0.1) is 0 Å². The van der Waals surface area contributed by atoms with Crippen molar-refractivity contribution >= 4 is 16.6 Å². The Bertz CT molecular complexity index is 691. The van der Waals surface area contributed by atoms with Gasteiger partial charge in [0.25, 0.3) is 0 Å². The zero-order valence-electron chi connectivity index (χ0n) is 14.8. The highest BCUT2D eigenvalue weighted by molar-refractivity contribution is 5.90. The van der Waals surface area contributed by atoms with E-state index in [0.717, 1.165) is 42.5 Å². The molecule has 1 aromatic heterocycles. The first-order valence-electron chi connectivity index (χ1n) is 8.85. The first kappa shape index (κ1) is 18.1. The van der Waals surface area contributed by atoms with Gasteiger partial charge in [-0.2, -0.15) is 0 Å². The first-order chi connectivity index (χ1) is 12.1. The molecule has 136 valence electrons. The number of para-hydroxylation sites is 1. The highest BCUT2D eigenvalue weighted by atomic mass is 16.6. The SMILES string of the molecule is C[C@@H]1C[C@H](N(C)CCCNc2ccnc3ccccc23)[C@H](O)[C@H](O)O1. The van der Waals surface area contributed by atoms with Gasteiger partial charge < -0.3 is 25.2 Å². The lowest BCUT2D eigenvalue weighted by molar-refractivity contribution is -0.231. The van der Waals surface area contributed by atoms with Gasteiger partial charge in [-0.15, -0.1) is 0 Å². The number of pyridine rings is 1. The minimum absolute atomic E-state index is 0.0489. The number of aliphatic hydroxyl groups is 2. The molecule has 4 atom stereocenters. The van der Waals surface area contributed by atoms with Gasteiger partial charge in [0.1, 0.15) is 6.10 Å². The highest BCUT2D eigenvalue weighted by Crippen LogP contribution is 2.23. The van der Waals surface area contributed by atoms with E-state index in [1.54, 1.807) is 0 Å². The number of likely N-dealkylation sites (N-methyl/N-ethyl adjacent to an activating group) is 1. The van der Waals surface area contributed by atoms with Gasteiger partial charge in [0.05, 0.1) is 11.6 Å². The van der Waals surface area contributed by atoms with Gasteiger partial charge >= 0.3 is 0 Å². The number of anilines is 1. The van der Waals surface area contributed by atoms with Crippen molar-refractivity contribution < 1.29 is 14.9 Å². The van der Waals surface area contributed by atoms with Gasteiger partial charge in [-0.05, 0) is 45.5 Å². The van der Waals surface area contributed by atoms with E-state index < -0.39 is 12.4 Å². The highest BCUT2D eigenvalue weighted by Gasteiger charge is 2.36. The van der Waals surface area contributed by atoms with Crippen molar-refractivity contribution in [3.8, 4) is 0 Å². The van der Waals surface area contributed by atoms with E-state index >= 15 is 0 Å². The molecular formula is C19H27N3O3. The van der Waals surface area contributed by atoms with Crippen LogP contribution in [0.1, 0.15) is 19.8 Å². The van der Waals surface area contributed by atoms with Crippen molar-refractivity contribution in [2.24, 2.45) is 0 Å². The molecule has 6 nitrogen and oxygen atoms in total. The van der Waals surface area contributed by atoms with Gasteiger partial charge in [-0.1, -0.05) is 18.2 Å². The second kappa shape index (κ2) is 8.10. The number of aliphatic hydroxyl groups excluding tert-OH is 2. The van der Waals surface area contributed by atoms with Crippen LogP contribution < -0.4 is 5.32 Å². The van der Waals surface area contributed by atoms with Crippen LogP contribution in [-0.2, 0) is 4.74 Å². The average Bonchev–Trinajstić information content (AvgIpc) is 2.61. The van der Waals surface area contributed by atoms with Gasteiger partial charge in [0, 0.05) is 29.9 Å². The Morgan fingerprint density at radius 2 is 2.08 bits per heavy atom. The Kier molecular flexibility index (Phi) is 5.86. The number of nitrogens with zero attached hydrogens (tertiary/aromatic N) is 2. The number of ether oxygens (including phenoxy) is 1. The average molecular weight is 345 g/mol. The van der Waals surface area contributed by atoms with Crippen LogP contribution >= 0.6 is 0 Å². The Morgan fingerprint density at radius 1 is 1.28 bits per heavy atom. The monoisotopic (exact) mass is 345 g/mol. The minimum Gasteiger partial charge on any atom is -0.386 e. The largest absolute Gasteiger partial charge is 0.386 e. The number of nitrogens with one attached hydrogen (secondary N) is 1. The smallest absolute Gasteiger partial charge is 0.182 e. The number of rotatable bonds is 6. The molecule has 0 spiro atoms. The molecule has 1 saturated heterocycles. The molecule has 0 radical (unpaired) electrons. The zero-order valence-corrected chi connectivity index (χ0v) is 14.8. The second-order valence-electron chi connectivity index (χ2n) is 6.77. The fourth-order valence-corrected chi connectivity index (χ4v) is 3.45. The molecular weight excluding hydrogens is 318 g/mol. The molecule has 0 saturated carbocycles. The van der Waals surface area contributed by atoms with E-state index in [4.69, 9.17) is 4.74 Å². The van der Waals surface area contributed by atoms with Crippen LogP contribution in [0.5, 0.6) is 0 Å². The van der Waals surface area contributed by atoms with Crippen molar-refractivity contribution in [2.45, 2.75) is 44.3 Å². The summed E-state index contributed by atoms with van der Waals surface area (Å²) in [5, 5.41) is 24.5. The fourth-order valence-electron chi connectivity index (χ4n) is 3.45. The lowest BCUT2D eigenvalue weighted by Crippen LogP contribution is -2.54. The van der Waals surface area contributed by atoms with E-state index in [0.29, 0.717) is 0 Å². The Labute approximate surface area is 148 Å². The summed E-state index contributed by atoms with van der Waals surface area (Å²) >= 11 is 0. The molecule has 0 aliphatic carbocycles. The van der Waals surface area contributed by atoms with Crippen molar-refractivity contribution in [3.05, 3.63) is 36.5 Å². The number of aromatic nitrogens is 1. The third-order valence-electron chi connectivity index (χ3n) is 4.85. The molecule has 6 heteroatoms. The molecule has 1 aromatic carbocycles. The summed E-state index contributed by atoms with van der Waals surface area (Å²) in [5.74, 6) is 0. The number of benzene rings is 1. The van der Waals surface area contributed by atoms with Crippen molar-refractivity contribution in [2.75, 3.05) is 25.5 Å². The van der Waals surface area contributed by atoms with Crippen LogP contribution in [0.4, 0.5) is 5.69 Å². The third-order valence-corrected chi connectivity index (χ3v) is 4.85. The first-order valence-corrected chi connectivity index (χ1v) is 8.85. The molecule has 0 bridgehead atoms. The summed E-state index contributed by atoms with van der Waals surface area (Å²) in [7, 11) is 1.99. The molecule has 2 aromatic rings. The standard InChI is InChI=1S/C19H27N3O3/c1-13-12-17(18(23)19(24)25-13)22(2)11-5-9-20-16-8-10-21-15-7-4-3-6-14(15)16/h3-4,6-8,10,13,17-19,23-24H,5,9,11-12H2,1-2H3,(H,20,21)/t13-,17+,18+,19-/m1/s1. The molecule has 3 rings (SSSR count). The summed E-state index contributed by atoms with van der Waals surface area (Å²) in [5.41, 5.74) is 2.07. The van der Waals surface area contributed by atoms with Crippen molar-refractivity contribution in [1.29, 1.82) is 0 Å². The molecule has 2 heterocycles. The maximum absolute atomic E-state index is 10.1. The molecule has 0 amide bonds. The molecule has 25 heavy (non-hydrogen) atoms. The summed E-state index contributed by atoms with van der Waals surface area (Å²) in [6.07, 6.45) is 1.46. The molecule has 1 aliphatic heterocycles. The van der Waals surface area contributed by atoms with E-state index in [-0.39, 0.29) is 12.1 Å². The summed E-state index contributed by atoms with van der Waals surface area (Å²) < 4.78 is 5.26. The van der Waals surface area contributed by atoms with Crippen LogP contribution in [-0.4, -0.2) is 64.8 Å². The number of hydrogen-bond donors (Lipinski definition) is 3. The van der Waals surface area contributed by atoms with Gasteiger partial charge in [-0.25, -0.2) is 0 Å². The summed E-state index contributed by atoms with van der Waals surface area (Å²) in [6, 6.07) is 9.99. The maximum atomic E-state index is 10.1. The lowest BCUT2D eigenvalue weighted by atomic mass is 9.99. The Balaban J connectivity index is 1.51. The van der Waals surface area contributed by atoms with E-state index in [2.05, 4.69) is 21.3 Å². The van der Waals surface area contributed by atoms with Gasteiger partial charge in [0.15, 0.2) is 6.29 Å².